The Kier molecular flexibility index (Phi) is 8.70. The van der Waals surface area contributed by atoms with Crippen molar-refractivity contribution in [3.05, 3.63) is 0 Å². The van der Waals surface area contributed by atoms with Crippen LogP contribution in [0.1, 0.15) is 48.0 Å². The number of carbonyl (C=O) groups is 1. The fourth-order valence-electron chi connectivity index (χ4n) is 1.76. The van der Waals surface area contributed by atoms with Crippen LogP contribution >= 0.6 is 11.8 Å². The number of nitrogens with one attached hydrogen (secondary N) is 1. The van der Waals surface area contributed by atoms with E-state index in [9.17, 15) is 4.79 Å². The molecule has 18 heavy (non-hydrogen) atoms. The van der Waals surface area contributed by atoms with Gasteiger partial charge in [0.25, 0.3) is 0 Å². The maximum atomic E-state index is 12.0. The Balaban J connectivity index is 4.33. The molecule has 0 aromatic heterocycles. The number of esters is 1. The molecule has 0 aliphatic carbocycles. The van der Waals surface area contributed by atoms with Gasteiger partial charge in [0.15, 0.2) is 0 Å². The fraction of sp³-hybridized carbons (Fsp3) is 0.929. The lowest BCUT2D eigenvalue weighted by Gasteiger charge is -2.30. The van der Waals surface area contributed by atoms with Crippen molar-refractivity contribution in [3.63, 3.8) is 0 Å². The monoisotopic (exact) mass is 275 g/mol. The molecule has 0 aromatic carbocycles. The third-order valence-electron chi connectivity index (χ3n) is 2.53. The van der Waals surface area contributed by atoms with Crippen LogP contribution in [0.2, 0.25) is 0 Å². The average molecular weight is 275 g/mol. The van der Waals surface area contributed by atoms with Crippen LogP contribution in [0, 0.1) is 5.92 Å². The van der Waals surface area contributed by atoms with E-state index in [1.165, 1.54) is 0 Å². The van der Waals surface area contributed by atoms with Crippen LogP contribution in [-0.4, -0.2) is 35.7 Å². The van der Waals surface area contributed by atoms with E-state index >= 15 is 0 Å². The molecule has 4 heteroatoms. The van der Waals surface area contributed by atoms with Crippen molar-refractivity contribution in [1.82, 2.24) is 5.32 Å². The zero-order chi connectivity index (χ0) is 14.2. The standard InChI is InChI=1S/C14H29NO2S/c1-7-17-13(16)14(6,15-12(4)5)8-9-18-10-11(2)3/h11-12,15H,7-10H2,1-6H3. The molecule has 1 atom stereocenters. The van der Waals surface area contributed by atoms with Gasteiger partial charge in [0.05, 0.1) is 6.61 Å². The minimum absolute atomic E-state index is 0.135. The van der Waals surface area contributed by atoms with Crippen molar-refractivity contribution in [3.8, 4) is 0 Å². The van der Waals surface area contributed by atoms with Crippen molar-refractivity contribution in [2.45, 2.75) is 59.5 Å². The average Bonchev–Trinajstić information content (AvgIpc) is 2.23. The highest BCUT2D eigenvalue weighted by Crippen LogP contribution is 2.18. The maximum Gasteiger partial charge on any atom is 0.326 e. The lowest BCUT2D eigenvalue weighted by molar-refractivity contribution is -0.150. The van der Waals surface area contributed by atoms with Crippen molar-refractivity contribution >= 4 is 17.7 Å². The number of thioether (sulfide) groups is 1. The molecular formula is C14H29NO2S. The Morgan fingerprint density at radius 1 is 1.33 bits per heavy atom. The van der Waals surface area contributed by atoms with Gasteiger partial charge in [-0.25, -0.2) is 0 Å². The lowest BCUT2D eigenvalue weighted by Crippen LogP contribution is -2.53. The molecule has 0 saturated carbocycles. The number of hydrogen-bond donors (Lipinski definition) is 1. The van der Waals surface area contributed by atoms with Crippen LogP contribution in [0.15, 0.2) is 0 Å². The van der Waals surface area contributed by atoms with Gasteiger partial charge in [0.1, 0.15) is 5.54 Å². The third-order valence-corrected chi connectivity index (χ3v) is 3.93. The Bertz CT molecular complexity index is 244. The highest BCUT2D eigenvalue weighted by atomic mass is 32.2. The van der Waals surface area contributed by atoms with Crippen LogP contribution in [0.5, 0.6) is 0 Å². The second-order valence-corrected chi connectivity index (χ2v) is 6.72. The highest BCUT2D eigenvalue weighted by molar-refractivity contribution is 7.99. The molecule has 0 aliphatic rings. The van der Waals surface area contributed by atoms with Crippen molar-refractivity contribution in [2.75, 3.05) is 18.1 Å². The van der Waals surface area contributed by atoms with Crippen molar-refractivity contribution in [1.29, 1.82) is 0 Å². The zero-order valence-corrected chi connectivity index (χ0v) is 13.5. The fourth-order valence-corrected chi connectivity index (χ4v) is 2.95. The van der Waals surface area contributed by atoms with Gasteiger partial charge < -0.3 is 4.74 Å². The summed E-state index contributed by atoms with van der Waals surface area (Å²) in [5.74, 6) is 2.68. The van der Waals surface area contributed by atoms with Crippen molar-refractivity contribution < 1.29 is 9.53 Å². The molecule has 1 N–H and O–H groups in total. The first-order valence-electron chi connectivity index (χ1n) is 6.84. The van der Waals surface area contributed by atoms with E-state index in [1.54, 1.807) is 0 Å². The number of hydrogen-bond acceptors (Lipinski definition) is 4. The first-order chi connectivity index (χ1) is 8.31. The quantitative estimate of drug-likeness (QED) is 0.518. The predicted octanol–water partition coefficient (Wildman–Crippen LogP) is 3.09. The summed E-state index contributed by atoms with van der Waals surface area (Å²) in [5, 5.41) is 3.34. The van der Waals surface area contributed by atoms with Crippen LogP contribution in [0.3, 0.4) is 0 Å². The van der Waals surface area contributed by atoms with Crippen LogP contribution in [-0.2, 0) is 9.53 Å². The maximum absolute atomic E-state index is 12.0. The summed E-state index contributed by atoms with van der Waals surface area (Å²) in [6.07, 6.45) is 0.807. The SMILES string of the molecule is CCOC(=O)C(C)(CCSCC(C)C)NC(C)C. The number of rotatable bonds is 9. The third kappa shape index (κ3) is 7.27. The van der Waals surface area contributed by atoms with E-state index < -0.39 is 5.54 Å². The molecule has 3 nitrogen and oxygen atoms in total. The molecule has 0 amide bonds. The van der Waals surface area contributed by atoms with E-state index in [0.717, 1.165) is 17.9 Å². The summed E-state index contributed by atoms with van der Waals surface area (Å²) in [6.45, 7) is 12.8. The summed E-state index contributed by atoms with van der Waals surface area (Å²) in [4.78, 5) is 12.0. The van der Waals surface area contributed by atoms with Gasteiger partial charge in [-0.05, 0) is 51.5 Å². The van der Waals surface area contributed by atoms with E-state index in [-0.39, 0.29) is 12.0 Å². The van der Waals surface area contributed by atoms with Gasteiger partial charge in [-0.2, -0.15) is 11.8 Å². The molecule has 0 heterocycles. The Labute approximate surface area is 116 Å². The molecular weight excluding hydrogens is 246 g/mol. The number of carbonyl (C=O) groups excluding carboxylic acids is 1. The summed E-state index contributed by atoms with van der Waals surface area (Å²) in [5.41, 5.74) is -0.561. The first-order valence-corrected chi connectivity index (χ1v) is 8.00. The van der Waals surface area contributed by atoms with E-state index in [2.05, 4.69) is 33.0 Å². The topological polar surface area (TPSA) is 38.3 Å². The summed E-state index contributed by atoms with van der Waals surface area (Å²) in [7, 11) is 0. The minimum Gasteiger partial charge on any atom is -0.465 e. The lowest BCUT2D eigenvalue weighted by atomic mass is 9.98. The second-order valence-electron chi connectivity index (χ2n) is 5.57. The second kappa shape index (κ2) is 8.81. The van der Waals surface area contributed by atoms with Gasteiger partial charge in [-0.3, -0.25) is 10.1 Å². The number of ether oxygens (including phenoxy) is 1. The molecule has 0 aromatic rings. The molecule has 0 spiro atoms. The highest BCUT2D eigenvalue weighted by Gasteiger charge is 2.34. The van der Waals surface area contributed by atoms with Gasteiger partial charge >= 0.3 is 5.97 Å². The van der Waals surface area contributed by atoms with Gasteiger partial charge in [0.2, 0.25) is 0 Å². The summed E-state index contributed by atoms with van der Waals surface area (Å²) >= 11 is 1.90. The Hall–Kier alpha value is -0.220. The molecule has 0 rings (SSSR count). The molecule has 0 aliphatic heterocycles. The minimum atomic E-state index is -0.561. The van der Waals surface area contributed by atoms with E-state index in [1.807, 2.05) is 25.6 Å². The smallest absolute Gasteiger partial charge is 0.326 e. The first kappa shape index (κ1) is 17.8. The normalized spacial score (nSPS) is 14.9. The largest absolute Gasteiger partial charge is 0.465 e. The van der Waals surface area contributed by atoms with Gasteiger partial charge in [-0.1, -0.05) is 13.8 Å². The van der Waals surface area contributed by atoms with E-state index in [4.69, 9.17) is 4.74 Å². The van der Waals surface area contributed by atoms with Gasteiger partial charge in [-0.15, -0.1) is 0 Å². The Morgan fingerprint density at radius 3 is 2.39 bits per heavy atom. The van der Waals surface area contributed by atoms with Crippen LogP contribution in [0.25, 0.3) is 0 Å². The molecule has 0 fully saturated rings. The van der Waals surface area contributed by atoms with E-state index in [0.29, 0.717) is 12.5 Å². The van der Waals surface area contributed by atoms with Crippen LogP contribution < -0.4 is 5.32 Å². The van der Waals surface area contributed by atoms with Crippen LogP contribution in [0.4, 0.5) is 0 Å². The zero-order valence-electron chi connectivity index (χ0n) is 12.7. The summed E-state index contributed by atoms with van der Waals surface area (Å²) in [6, 6.07) is 0.273. The molecule has 0 saturated heterocycles. The Morgan fingerprint density at radius 2 is 1.94 bits per heavy atom. The predicted molar refractivity (Wildman–Crippen MR) is 80.1 cm³/mol. The molecule has 1 unspecified atom stereocenters. The molecule has 0 radical (unpaired) electrons. The van der Waals surface area contributed by atoms with Crippen molar-refractivity contribution in [2.24, 2.45) is 5.92 Å². The summed E-state index contributed by atoms with van der Waals surface area (Å²) < 4.78 is 5.18. The molecule has 108 valence electrons. The molecule has 0 bridgehead atoms. The van der Waals surface area contributed by atoms with Gasteiger partial charge in [0, 0.05) is 6.04 Å².